The number of aliphatic carboxylic acids is 1. The number of carbonyl (C=O) groups is 1. The largest absolute Gasteiger partial charge is 0.478 e. The standard InChI is InChI=1S/C25H25NO3/c27-24(28)25(16-7-17-26(19-25)18-20-8-3-1-4-9-20)29-23-14-12-22(13-15-23)21-10-5-2-6-11-21/h1-6,8-15H,7,16-19H2,(H,27,28). The lowest BCUT2D eigenvalue weighted by Gasteiger charge is -2.39. The van der Waals surface area contributed by atoms with Crippen molar-refractivity contribution in [1.29, 1.82) is 0 Å². The van der Waals surface area contributed by atoms with Crippen molar-refractivity contribution in [3.63, 3.8) is 0 Å². The van der Waals surface area contributed by atoms with Gasteiger partial charge in [0, 0.05) is 19.5 Å². The van der Waals surface area contributed by atoms with Crippen LogP contribution in [0.2, 0.25) is 0 Å². The van der Waals surface area contributed by atoms with Crippen LogP contribution < -0.4 is 4.74 Å². The first-order chi connectivity index (χ1) is 14.1. The predicted octanol–water partition coefficient (Wildman–Crippen LogP) is 4.85. The Morgan fingerprint density at radius 2 is 1.52 bits per heavy atom. The lowest BCUT2D eigenvalue weighted by molar-refractivity contribution is -0.160. The van der Waals surface area contributed by atoms with Gasteiger partial charge in [-0.05, 0) is 41.8 Å². The van der Waals surface area contributed by atoms with E-state index in [2.05, 4.69) is 29.2 Å². The molecule has 1 unspecified atom stereocenters. The van der Waals surface area contributed by atoms with Crippen LogP contribution in [-0.2, 0) is 11.3 Å². The molecule has 3 aromatic rings. The van der Waals surface area contributed by atoms with E-state index in [1.807, 2.05) is 60.7 Å². The molecule has 1 aliphatic heterocycles. The number of carboxylic acid groups (broad SMARTS) is 1. The van der Waals surface area contributed by atoms with Gasteiger partial charge in [0.15, 0.2) is 0 Å². The Hall–Kier alpha value is -3.11. The van der Waals surface area contributed by atoms with Crippen molar-refractivity contribution >= 4 is 5.97 Å². The lowest BCUT2D eigenvalue weighted by Crippen LogP contribution is -2.56. The number of rotatable bonds is 6. The fourth-order valence-corrected chi connectivity index (χ4v) is 3.96. The second-order valence-electron chi connectivity index (χ2n) is 7.59. The molecular formula is C25H25NO3. The summed E-state index contributed by atoms with van der Waals surface area (Å²) in [5.74, 6) is -0.309. The average Bonchev–Trinajstić information content (AvgIpc) is 2.76. The van der Waals surface area contributed by atoms with Crippen LogP contribution >= 0.6 is 0 Å². The maximum absolute atomic E-state index is 12.2. The van der Waals surface area contributed by atoms with Crippen LogP contribution in [-0.4, -0.2) is 34.7 Å². The van der Waals surface area contributed by atoms with Crippen molar-refractivity contribution in [2.24, 2.45) is 0 Å². The maximum atomic E-state index is 12.2. The molecule has 1 fully saturated rings. The second kappa shape index (κ2) is 8.50. The van der Waals surface area contributed by atoms with Gasteiger partial charge in [0.05, 0.1) is 0 Å². The zero-order valence-corrected chi connectivity index (χ0v) is 16.3. The predicted molar refractivity (Wildman–Crippen MR) is 114 cm³/mol. The van der Waals surface area contributed by atoms with Crippen LogP contribution in [0.25, 0.3) is 11.1 Å². The van der Waals surface area contributed by atoms with E-state index in [-0.39, 0.29) is 0 Å². The van der Waals surface area contributed by atoms with Crippen LogP contribution in [0.5, 0.6) is 5.75 Å². The molecule has 29 heavy (non-hydrogen) atoms. The monoisotopic (exact) mass is 387 g/mol. The summed E-state index contributed by atoms with van der Waals surface area (Å²) < 4.78 is 6.12. The lowest BCUT2D eigenvalue weighted by atomic mass is 9.92. The van der Waals surface area contributed by atoms with Crippen molar-refractivity contribution < 1.29 is 14.6 Å². The smallest absolute Gasteiger partial charge is 0.349 e. The minimum atomic E-state index is -1.22. The molecule has 1 atom stereocenters. The Morgan fingerprint density at radius 1 is 0.897 bits per heavy atom. The van der Waals surface area contributed by atoms with Crippen LogP contribution in [0.3, 0.4) is 0 Å². The van der Waals surface area contributed by atoms with Crippen molar-refractivity contribution in [3.8, 4) is 16.9 Å². The molecule has 0 radical (unpaired) electrons. The first-order valence-electron chi connectivity index (χ1n) is 9.99. The highest BCUT2D eigenvalue weighted by Crippen LogP contribution is 2.30. The molecule has 1 aliphatic rings. The first kappa shape index (κ1) is 19.2. The molecule has 0 spiro atoms. The molecule has 0 aromatic heterocycles. The summed E-state index contributed by atoms with van der Waals surface area (Å²) >= 11 is 0. The number of carboxylic acids is 1. The Balaban J connectivity index is 1.50. The highest BCUT2D eigenvalue weighted by atomic mass is 16.5. The van der Waals surface area contributed by atoms with Gasteiger partial charge in [-0.25, -0.2) is 4.79 Å². The van der Waals surface area contributed by atoms with Gasteiger partial charge < -0.3 is 9.84 Å². The van der Waals surface area contributed by atoms with Crippen LogP contribution in [0, 0.1) is 0 Å². The highest BCUT2D eigenvalue weighted by Gasteiger charge is 2.45. The van der Waals surface area contributed by atoms with Gasteiger partial charge in [-0.15, -0.1) is 0 Å². The Kier molecular flexibility index (Phi) is 5.63. The van der Waals surface area contributed by atoms with E-state index in [0.717, 1.165) is 30.6 Å². The van der Waals surface area contributed by atoms with Crippen molar-refractivity contribution in [2.75, 3.05) is 13.1 Å². The number of nitrogens with zero attached hydrogens (tertiary/aromatic N) is 1. The SMILES string of the molecule is O=C(O)C1(Oc2ccc(-c3ccccc3)cc2)CCCN(Cc2ccccc2)C1. The molecule has 4 nitrogen and oxygen atoms in total. The molecule has 0 saturated carbocycles. The van der Waals surface area contributed by atoms with Crippen LogP contribution in [0.4, 0.5) is 0 Å². The summed E-state index contributed by atoms with van der Waals surface area (Å²) in [7, 11) is 0. The molecule has 4 rings (SSSR count). The van der Waals surface area contributed by atoms with Gasteiger partial charge in [-0.3, -0.25) is 4.90 Å². The maximum Gasteiger partial charge on any atom is 0.349 e. The van der Waals surface area contributed by atoms with E-state index in [9.17, 15) is 9.90 Å². The van der Waals surface area contributed by atoms with E-state index >= 15 is 0 Å². The quantitative estimate of drug-likeness (QED) is 0.657. The Morgan fingerprint density at radius 3 is 2.17 bits per heavy atom. The normalized spacial score (nSPS) is 19.6. The number of hydrogen-bond acceptors (Lipinski definition) is 3. The number of ether oxygens (including phenoxy) is 1. The number of hydrogen-bond donors (Lipinski definition) is 1. The van der Waals surface area contributed by atoms with Gasteiger partial charge in [0.1, 0.15) is 5.75 Å². The van der Waals surface area contributed by atoms with Crippen molar-refractivity contribution in [3.05, 3.63) is 90.5 Å². The Bertz CT molecular complexity index is 941. The van der Waals surface area contributed by atoms with E-state index in [1.165, 1.54) is 5.56 Å². The van der Waals surface area contributed by atoms with E-state index in [1.54, 1.807) is 0 Å². The molecule has 1 saturated heterocycles. The highest BCUT2D eigenvalue weighted by molar-refractivity contribution is 5.78. The fourth-order valence-electron chi connectivity index (χ4n) is 3.96. The summed E-state index contributed by atoms with van der Waals surface area (Å²) in [5.41, 5.74) is 2.16. The Labute approximate surface area is 171 Å². The van der Waals surface area contributed by atoms with Crippen molar-refractivity contribution in [1.82, 2.24) is 4.90 Å². The zero-order valence-electron chi connectivity index (χ0n) is 16.3. The molecule has 0 amide bonds. The number of likely N-dealkylation sites (tertiary alicyclic amines) is 1. The molecule has 0 bridgehead atoms. The van der Waals surface area contributed by atoms with Gasteiger partial charge >= 0.3 is 5.97 Å². The summed E-state index contributed by atoms with van der Waals surface area (Å²) in [4.78, 5) is 14.4. The third-order valence-corrected chi connectivity index (χ3v) is 5.45. The van der Waals surface area contributed by atoms with Crippen LogP contribution in [0.1, 0.15) is 18.4 Å². The summed E-state index contributed by atoms with van der Waals surface area (Å²) in [6.07, 6.45) is 1.30. The van der Waals surface area contributed by atoms with E-state index in [4.69, 9.17) is 4.74 Å². The molecular weight excluding hydrogens is 362 g/mol. The van der Waals surface area contributed by atoms with Crippen molar-refractivity contribution in [2.45, 2.75) is 25.0 Å². The minimum absolute atomic E-state index is 0.373. The third kappa shape index (κ3) is 4.49. The third-order valence-electron chi connectivity index (χ3n) is 5.45. The van der Waals surface area contributed by atoms with Gasteiger partial charge in [0.2, 0.25) is 5.60 Å². The van der Waals surface area contributed by atoms with Crippen LogP contribution in [0.15, 0.2) is 84.9 Å². The zero-order chi connectivity index (χ0) is 20.1. The van der Waals surface area contributed by atoms with Gasteiger partial charge in [0.25, 0.3) is 0 Å². The summed E-state index contributed by atoms with van der Waals surface area (Å²) in [6, 6.07) is 27.9. The minimum Gasteiger partial charge on any atom is -0.478 e. The summed E-state index contributed by atoms with van der Waals surface area (Å²) in [6.45, 7) is 1.98. The van der Waals surface area contributed by atoms with Gasteiger partial charge in [-0.2, -0.15) is 0 Å². The fraction of sp³-hybridized carbons (Fsp3) is 0.240. The summed E-state index contributed by atoms with van der Waals surface area (Å²) in [5, 5.41) is 10.0. The molecule has 3 aromatic carbocycles. The first-order valence-corrected chi connectivity index (χ1v) is 9.99. The molecule has 1 N–H and O–H groups in total. The molecule has 0 aliphatic carbocycles. The second-order valence-corrected chi connectivity index (χ2v) is 7.59. The molecule has 148 valence electrons. The molecule has 4 heteroatoms. The van der Waals surface area contributed by atoms with E-state index in [0.29, 0.717) is 18.7 Å². The average molecular weight is 387 g/mol. The van der Waals surface area contributed by atoms with Gasteiger partial charge in [-0.1, -0.05) is 72.8 Å². The topological polar surface area (TPSA) is 49.8 Å². The number of benzene rings is 3. The van der Waals surface area contributed by atoms with E-state index < -0.39 is 11.6 Å². The number of piperidine rings is 1. The molecule has 1 heterocycles.